The van der Waals surface area contributed by atoms with Crippen LogP contribution < -0.4 is 11.1 Å². The molecule has 0 radical (unpaired) electrons. The van der Waals surface area contributed by atoms with Crippen LogP contribution in [0.15, 0.2) is 41.6 Å². The summed E-state index contributed by atoms with van der Waals surface area (Å²) in [4.78, 5) is 11.7. The molecule has 0 unspecified atom stereocenters. The molecule has 0 aliphatic carbocycles. The van der Waals surface area contributed by atoms with Crippen LogP contribution in [0.2, 0.25) is 0 Å². The highest BCUT2D eigenvalue weighted by Gasteiger charge is 2.17. The van der Waals surface area contributed by atoms with Crippen molar-refractivity contribution in [2.24, 2.45) is 0 Å². The molecule has 9 nitrogen and oxygen atoms in total. The summed E-state index contributed by atoms with van der Waals surface area (Å²) in [5, 5.41) is 9.85. The second-order valence-corrected chi connectivity index (χ2v) is 8.14. The zero-order valence-corrected chi connectivity index (χ0v) is 15.6. The summed E-state index contributed by atoms with van der Waals surface area (Å²) in [7, 11) is -3.76. The molecule has 3 aromatic heterocycles. The van der Waals surface area contributed by atoms with Crippen LogP contribution in [0.1, 0.15) is 0 Å². The number of hydrogen-bond donors (Lipinski definition) is 3. The van der Waals surface area contributed by atoms with Crippen molar-refractivity contribution in [2.45, 2.75) is 4.90 Å². The molecular formula is C17H13F2N7O2S. The van der Waals surface area contributed by atoms with Gasteiger partial charge >= 0.3 is 0 Å². The van der Waals surface area contributed by atoms with Crippen molar-refractivity contribution in [3.05, 3.63) is 48.3 Å². The van der Waals surface area contributed by atoms with Gasteiger partial charge in [-0.1, -0.05) is 6.07 Å². The van der Waals surface area contributed by atoms with E-state index < -0.39 is 26.4 Å². The Bertz CT molecular complexity index is 1360. The Labute approximate surface area is 162 Å². The molecule has 3 heterocycles. The minimum absolute atomic E-state index is 0.0257. The molecule has 0 bridgehead atoms. The van der Waals surface area contributed by atoms with E-state index in [1.165, 1.54) is 24.4 Å². The molecule has 4 aromatic rings. The number of benzene rings is 1. The number of aromatic nitrogens is 5. The molecule has 0 saturated heterocycles. The Morgan fingerprint density at radius 1 is 1.14 bits per heavy atom. The van der Waals surface area contributed by atoms with Crippen molar-refractivity contribution in [3.63, 3.8) is 0 Å². The fourth-order valence-electron chi connectivity index (χ4n) is 2.71. The normalized spacial score (nSPS) is 11.7. The zero-order valence-electron chi connectivity index (χ0n) is 14.8. The molecular weight excluding hydrogens is 404 g/mol. The van der Waals surface area contributed by atoms with Gasteiger partial charge < -0.3 is 11.1 Å². The molecule has 12 heteroatoms. The van der Waals surface area contributed by atoms with Crippen molar-refractivity contribution in [1.82, 2.24) is 25.1 Å². The topological polar surface area (TPSA) is 140 Å². The average molecular weight is 417 g/mol. The molecule has 0 atom stereocenters. The Morgan fingerprint density at radius 2 is 1.93 bits per heavy atom. The first-order valence-electron chi connectivity index (χ1n) is 8.11. The number of hydrogen-bond acceptors (Lipinski definition) is 8. The molecule has 148 valence electrons. The van der Waals surface area contributed by atoms with Gasteiger partial charge in [0.05, 0.1) is 11.6 Å². The lowest BCUT2D eigenvalue weighted by molar-refractivity contribution is 0.571. The van der Waals surface area contributed by atoms with Crippen molar-refractivity contribution < 1.29 is 17.2 Å². The minimum Gasteiger partial charge on any atom is -0.383 e. The molecule has 4 N–H and O–H groups in total. The van der Waals surface area contributed by atoms with Gasteiger partial charge in [0.2, 0.25) is 5.95 Å². The second kappa shape index (κ2) is 6.74. The molecule has 0 amide bonds. The molecule has 4 rings (SSSR count). The Hall–Kier alpha value is -3.67. The minimum atomic E-state index is -3.76. The van der Waals surface area contributed by atoms with E-state index in [4.69, 9.17) is 5.73 Å². The quantitative estimate of drug-likeness (QED) is 0.460. The smallest absolute Gasteiger partial charge is 0.230 e. The summed E-state index contributed by atoms with van der Waals surface area (Å²) in [6, 6.07) is 4.83. The maximum absolute atomic E-state index is 13.8. The Kier molecular flexibility index (Phi) is 4.34. The van der Waals surface area contributed by atoms with Gasteiger partial charge in [-0.3, -0.25) is 5.10 Å². The fourth-order valence-corrected chi connectivity index (χ4v) is 3.48. The van der Waals surface area contributed by atoms with E-state index in [9.17, 15) is 17.2 Å². The number of rotatable bonds is 4. The molecule has 0 saturated carbocycles. The predicted octanol–water partition coefficient (Wildman–Crippen LogP) is 2.42. The molecule has 0 fully saturated rings. The number of halogens is 2. The lowest BCUT2D eigenvalue weighted by Gasteiger charge is -2.09. The maximum Gasteiger partial charge on any atom is 0.230 e. The van der Waals surface area contributed by atoms with Gasteiger partial charge in [0, 0.05) is 18.0 Å². The largest absolute Gasteiger partial charge is 0.383 e. The lowest BCUT2D eigenvalue weighted by Crippen LogP contribution is -2.04. The van der Waals surface area contributed by atoms with Crippen LogP contribution >= 0.6 is 0 Å². The van der Waals surface area contributed by atoms with Crippen LogP contribution in [0, 0.1) is 11.6 Å². The summed E-state index contributed by atoms with van der Waals surface area (Å²) in [6.07, 6.45) is 3.33. The number of nitrogens with one attached hydrogen (secondary N) is 2. The van der Waals surface area contributed by atoms with Gasteiger partial charge in [0.15, 0.2) is 21.3 Å². The third-order valence-electron chi connectivity index (χ3n) is 4.07. The van der Waals surface area contributed by atoms with E-state index >= 15 is 0 Å². The number of anilines is 3. The van der Waals surface area contributed by atoms with Gasteiger partial charge in [-0.25, -0.2) is 27.2 Å². The zero-order chi connectivity index (χ0) is 20.8. The number of fused-ring (bicyclic) bond motifs is 1. The standard InChI is InChI=1S/C17H13F2N7O2S/c1-29(27,28)13-4-8(2-3-12(13)19)11-7-22-17(23-14(11)20)24-16-10-5-9(18)6-21-15(10)25-26-16/h2-7H,1H3,(H4,20,21,22,23,24,25,26). The first-order chi connectivity index (χ1) is 13.7. The van der Waals surface area contributed by atoms with E-state index in [2.05, 4.69) is 30.5 Å². The summed E-state index contributed by atoms with van der Waals surface area (Å²) in [5.74, 6) is -1.04. The highest BCUT2D eigenvalue weighted by Crippen LogP contribution is 2.29. The molecule has 0 spiro atoms. The molecule has 0 aliphatic rings. The number of nitrogens with two attached hydrogens (primary N) is 1. The van der Waals surface area contributed by atoms with E-state index in [0.717, 1.165) is 18.5 Å². The van der Waals surface area contributed by atoms with Crippen LogP contribution in [0.3, 0.4) is 0 Å². The SMILES string of the molecule is CS(=O)(=O)c1cc(-c2cnc(Nc3n[nH]c4ncc(F)cc34)nc2N)ccc1F. The van der Waals surface area contributed by atoms with Crippen molar-refractivity contribution in [3.8, 4) is 11.1 Å². The first-order valence-corrected chi connectivity index (χ1v) is 10.0. The van der Waals surface area contributed by atoms with E-state index in [1.54, 1.807) is 0 Å². The van der Waals surface area contributed by atoms with Crippen LogP contribution in [-0.4, -0.2) is 39.8 Å². The Morgan fingerprint density at radius 3 is 2.66 bits per heavy atom. The number of pyridine rings is 1. The van der Waals surface area contributed by atoms with Gasteiger partial charge in [0.1, 0.15) is 22.3 Å². The summed E-state index contributed by atoms with van der Waals surface area (Å²) in [5.41, 5.74) is 7.01. The van der Waals surface area contributed by atoms with Crippen molar-refractivity contribution in [2.75, 3.05) is 17.3 Å². The Balaban J connectivity index is 1.69. The number of aromatic amines is 1. The first kappa shape index (κ1) is 18.7. The summed E-state index contributed by atoms with van der Waals surface area (Å²) >= 11 is 0. The molecule has 29 heavy (non-hydrogen) atoms. The van der Waals surface area contributed by atoms with Crippen molar-refractivity contribution >= 4 is 38.5 Å². The van der Waals surface area contributed by atoms with Gasteiger partial charge in [0.25, 0.3) is 0 Å². The second-order valence-electron chi connectivity index (χ2n) is 6.16. The number of nitrogen functional groups attached to an aromatic ring is 1. The number of sulfone groups is 1. The number of H-pyrrole nitrogens is 1. The van der Waals surface area contributed by atoms with Crippen LogP contribution in [-0.2, 0) is 9.84 Å². The van der Waals surface area contributed by atoms with Crippen LogP contribution in [0.5, 0.6) is 0 Å². The van der Waals surface area contributed by atoms with Gasteiger partial charge in [-0.2, -0.15) is 10.1 Å². The van der Waals surface area contributed by atoms with Crippen molar-refractivity contribution in [1.29, 1.82) is 0 Å². The van der Waals surface area contributed by atoms with Crippen LogP contribution in [0.25, 0.3) is 22.2 Å². The van der Waals surface area contributed by atoms with E-state index in [0.29, 0.717) is 22.2 Å². The third-order valence-corrected chi connectivity index (χ3v) is 5.18. The summed E-state index contributed by atoms with van der Waals surface area (Å²) in [6.45, 7) is 0. The third kappa shape index (κ3) is 3.57. The predicted molar refractivity (Wildman–Crippen MR) is 102 cm³/mol. The fraction of sp³-hybridized carbons (Fsp3) is 0.0588. The lowest BCUT2D eigenvalue weighted by atomic mass is 10.1. The van der Waals surface area contributed by atoms with Gasteiger partial charge in [-0.05, 0) is 23.8 Å². The number of nitrogens with zero attached hydrogens (tertiary/aromatic N) is 4. The molecule has 0 aliphatic heterocycles. The van der Waals surface area contributed by atoms with E-state index in [1.807, 2.05) is 0 Å². The molecule has 1 aromatic carbocycles. The van der Waals surface area contributed by atoms with Crippen LogP contribution in [0.4, 0.5) is 26.4 Å². The highest BCUT2D eigenvalue weighted by atomic mass is 32.2. The van der Waals surface area contributed by atoms with E-state index in [-0.39, 0.29) is 17.6 Å². The highest BCUT2D eigenvalue weighted by molar-refractivity contribution is 7.90. The monoisotopic (exact) mass is 417 g/mol. The van der Waals surface area contributed by atoms with Gasteiger partial charge in [-0.15, -0.1) is 0 Å². The summed E-state index contributed by atoms with van der Waals surface area (Å²) < 4.78 is 50.7. The maximum atomic E-state index is 13.8. The average Bonchev–Trinajstić information content (AvgIpc) is 3.03.